The van der Waals surface area contributed by atoms with Crippen molar-refractivity contribution in [1.82, 2.24) is 4.90 Å². The SMILES string of the molecule is CN1CCC(CN(C)c2ccc(C(=O)O)c(Cl)c2)C1. The number of likely N-dealkylation sites (tertiary alicyclic amines) is 1. The third kappa shape index (κ3) is 3.39. The lowest BCUT2D eigenvalue weighted by Gasteiger charge is -2.23. The molecule has 19 heavy (non-hydrogen) atoms. The molecule has 0 aliphatic carbocycles. The van der Waals surface area contributed by atoms with Gasteiger partial charge in [0.1, 0.15) is 0 Å². The lowest BCUT2D eigenvalue weighted by Crippen LogP contribution is -2.27. The van der Waals surface area contributed by atoms with E-state index in [-0.39, 0.29) is 5.56 Å². The van der Waals surface area contributed by atoms with E-state index in [4.69, 9.17) is 16.7 Å². The molecule has 1 unspecified atom stereocenters. The van der Waals surface area contributed by atoms with Gasteiger partial charge in [-0.3, -0.25) is 0 Å². The van der Waals surface area contributed by atoms with E-state index in [1.165, 1.54) is 6.42 Å². The van der Waals surface area contributed by atoms with Crippen molar-refractivity contribution in [3.05, 3.63) is 28.8 Å². The minimum Gasteiger partial charge on any atom is -0.478 e. The number of carbonyl (C=O) groups is 1. The predicted molar refractivity (Wildman–Crippen MR) is 77.3 cm³/mol. The van der Waals surface area contributed by atoms with Crippen molar-refractivity contribution >= 4 is 23.3 Å². The van der Waals surface area contributed by atoms with Gasteiger partial charge in [-0.1, -0.05) is 11.6 Å². The molecule has 2 rings (SSSR count). The number of hydrogen-bond acceptors (Lipinski definition) is 3. The molecule has 1 aliphatic heterocycles. The van der Waals surface area contributed by atoms with Crippen LogP contribution in [0.5, 0.6) is 0 Å². The maximum atomic E-state index is 10.9. The number of carboxylic acids is 1. The molecular weight excluding hydrogens is 264 g/mol. The third-order valence-electron chi connectivity index (χ3n) is 3.64. The molecule has 1 saturated heterocycles. The number of aromatic carboxylic acids is 1. The molecule has 104 valence electrons. The van der Waals surface area contributed by atoms with Gasteiger partial charge in [-0.05, 0) is 44.1 Å². The van der Waals surface area contributed by atoms with Crippen molar-refractivity contribution in [2.24, 2.45) is 5.92 Å². The number of benzene rings is 1. The van der Waals surface area contributed by atoms with E-state index in [1.807, 2.05) is 13.1 Å². The number of halogens is 1. The smallest absolute Gasteiger partial charge is 0.337 e. The first-order valence-corrected chi connectivity index (χ1v) is 6.77. The lowest BCUT2D eigenvalue weighted by atomic mass is 10.1. The van der Waals surface area contributed by atoms with E-state index in [0.717, 1.165) is 25.3 Å². The lowest BCUT2D eigenvalue weighted by molar-refractivity contribution is 0.0697. The molecular formula is C14H19ClN2O2. The monoisotopic (exact) mass is 282 g/mol. The standard InChI is InChI=1S/C14H19ClN2O2/c1-16-6-5-10(8-16)9-17(2)11-3-4-12(14(18)19)13(15)7-11/h3-4,7,10H,5-6,8-9H2,1-2H3,(H,18,19). The molecule has 0 aromatic heterocycles. The van der Waals surface area contributed by atoms with E-state index in [0.29, 0.717) is 10.9 Å². The molecule has 0 amide bonds. The highest BCUT2D eigenvalue weighted by Crippen LogP contribution is 2.25. The Kier molecular flexibility index (Phi) is 4.32. The summed E-state index contributed by atoms with van der Waals surface area (Å²) < 4.78 is 0. The molecule has 1 heterocycles. The first-order valence-electron chi connectivity index (χ1n) is 6.40. The third-order valence-corrected chi connectivity index (χ3v) is 3.96. The van der Waals surface area contributed by atoms with E-state index in [2.05, 4.69) is 16.8 Å². The molecule has 1 aliphatic rings. The van der Waals surface area contributed by atoms with Crippen LogP contribution in [0.3, 0.4) is 0 Å². The minimum atomic E-state index is -0.989. The molecule has 1 aromatic carbocycles. The largest absolute Gasteiger partial charge is 0.478 e. The highest BCUT2D eigenvalue weighted by atomic mass is 35.5. The van der Waals surface area contributed by atoms with Gasteiger partial charge in [-0.2, -0.15) is 0 Å². The Hall–Kier alpha value is -1.26. The summed E-state index contributed by atoms with van der Waals surface area (Å²) in [6.45, 7) is 3.23. The fraction of sp³-hybridized carbons (Fsp3) is 0.500. The molecule has 1 fully saturated rings. The van der Waals surface area contributed by atoms with Crippen LogP contribution in [-0.2, 0) is 0 Å². The summed E-state index contributed by atoms with van der Waals surface area (Å²) in [4.78, 5) is 15.4. The first kappa shape index (κ1) is 14.2. The number of rotatable bonds is 4. The van der Waals surface area contributed by atoms with Gasteiger partial charge in [0.05, 0.1) is 10.6 Å². The van der Waals surface area contributed by atoms with Crippen molar-refractivity contribution in [1.29, 1.82) is 0 Å². The van der Waals surface area contributed by atoms with Crippen molar-refractivity contribution in [3.63, 3.8) is 0 Å². The van der Waals surface area contributed by atoms with Crippen LogP contribution in [0.1, 0.15) is 16.8 Å². The topological polar surface area (TPSA) is 43.8 Å². The van der Waals surface area contributed by atoms with Crippen LogP contribution in [0.4, 0.5) is 5.69 Å². The van der Waals surface area contributed by atoms with Crippen LogP contribution >= 0.6 is 11.6 Å². The molecule has 1 N–H and O–H groups in total. The van der Waals surface area contributed by atoms with Crippen LogP contribution in [0.15, 0.2) is 18.2 Å². The van der Waals surface area contributed by atoms with Gasteiger partial charge in [0, 0.05) is 25.8 Å². The van der Waals surface area contributed by atoms with Crippen LogP contribution in [0.2, 0.25) is 5.02 Å². The van der Waals surface area contributed by atoms with Crippen LogP contribution in [-0.4, -0.2) is 49.7 Å². The van der Waals surface area contributed by atoms with E-state index < -0.39 is 5.97 Å². The van der Waals surface area contributed by atoms with E-state index >= 15 is 0 Å². The number of hydrogen-bond donors (Lipinski definition) is 1. The van der Waals surface area contributed by atoms with Crippen LogP contribution in [0, 0.1) is 5.92 Å². The Labute approximate surface area is 118 Å². The molecule has 0 radical (unpaired) electrons. The average Bonchev–Trinajstić information content (AvgIpc) is 2.74. The Balaban J connectivity index is 2.05. The van der Waals surface area contributed by atoms with Gasteiger partial charge in [0.2, 0.25) is 0 Å². The van der Waals surface area contributed by atoms with Crippen LogP contribution < -0.4 is 4.90 Å². The maximum Gasteiger partial charge on any atom is 0.337 e. The van der Waals surface area contributed by atoms with E-state index in [9.17, 15) is 4.79 Å². The predicted octanol–water partition coefficient (Wildman–Crippen LogP) is 2.43. The van der Waals surface area contributed by atoms with Gasteiger partial charge in [0.15, 0.2) is 0 Å². The Morgan fingerprint density at radius 2 is 2.32 bits per heavy atom. The normalized spacial score (nSPS) is 19.6. The van der Waals surface area contributed by atoms with Gasteiger partial charge in [0.25, 0.3) is 0 Å². The Morgan fingerprint density at radius 1 is 1.58 bits per heavy atom. The molecule has 0 bridgehead atoms. The number of carboxylic acid groups (broad SMARTS) is 1. The summed E-state index contributed by atoms with van der Waals surface area (Å²) in [6.07, 6.45) is 1.21. The van der Waals surface area contributed by atoms with Gasteiger partial charge in [-0.15, -0.1) is 0 Å². The first-order chi connectivity index (χ1) is 8.97. The maximum absolute atomic E-state index is 10.9. The molecule has 0 saturated carbocycles. The molecule has 1 aromatic rings. The van der Waals surface area contributed by atoms with Crippen LogP contribution in [0.25, 0.3) is 0 Å². The molecule has 0 spiro atoms. The molecule has 1 atom stereocenters. The second-order valence-corrected chi connectivity index (χ2v) is 5.67. The molecule has 5 heteroatoms. The van der Waals surface area contributed by atoms with Crippen molar-refractivity contribution in [2.75, 3.05) is 38.6 Å². The van der Waals surface area contributed by atoms with Gasteiger partial charge < -0.3 is 14.9 Å². The summed E-state index contributed by atoms with van der Waals surface area (Å²) >= 11 is 5.99. The number of nitrogens with zero attached hydrogens (tertiary/aromatic N) is 2. The summed E-state index contributed by atoms with van der Waals surface area (Å²) in [7, 11) is 4.16. The highest BCUT2D eigenvalue weighted by Gasteiger charge is 2.21. The second kappa shape index (κ2) is 5.80. The minimum absolute atomic E-state index is 0.152. The highest BCUT2D eigenvalue weighted by molar-refractivity contribution is 6.33. The summed E-state index contributed by atoms with van der Waals surface area (Å²) in [6, 6.07) is 5.11. The zero-order valence-electron chi connectivity index (χ0n) is 11.3. The fourth-order valence-electron chi connectivity index (χ4n) is 2.58. The summed E-state index contributed by atoms with van der Waals surface area (Å²) in [5.74, 6) is -0.329. The van der Waals surface area contributed by atoms with Gasteiger partial charge in [-0.25, -0.2) is 4.79 Å². The van der Waals surface area contributed by atoms with Crippen molar-refractivity contribution in [2.45, 2.75) is 6.42 Å². The summed E-state index contributed by atoms with van der Waals surface area (Å²) in [5, 5.41) is 9.24. The molecule has 4 nitrogen and oxygen atoms in total. The van der Waals surface area contributed by atoms with Crippen molar-refractivity contribution < 1.29 is 9.90 Å². The zero-order chi connectivity index (χ0) is 14.0. The Morgan fingerprint density at radius 3 is 2.84 bits per heavy atom. The second-order valence-electron chi connectivity index (χ2n) is 5.27. The fourth-order valence-corrected chi connectivity index (χ4v) is 2.84. The number of anilines is 1. The van der Waals surface area contributed by atoms with E-state index in [1.54, 1.807) is 12.1 Å². The Bertz CT molecular complexity index is 479. The zero-order valence-corrected chi connectivity index (χ0v) is 12.0. The average molecular weight is 283 g/mol. The summed E-state index contributed by atoms with van der Waals surface area (Å²) in [5.41, 5.74) is 1.11. The quantitative estimate of drug-likeness (QED) is 0.921. The van der Waals surface area contributed by atoms with Gasteiger partial charge >= 0.3 is 5.97 Å². The van der Waals surface area contributed by atoms with Crippen molar-refractivity contribution in [3.8, 4) is 0 Å².